The van der Waals surface area contributed by atoms with Gasteiger partial charge in [0.1, 0.15) is 5.75 Å². The summed E-state index contributed by atoms with van der Waals surface area (Å²) in [6, 6.07) is 7.03. The van der Waals surface area contributed by atoms with Crippen LogP contribution in [0, 0.1) is 6.92 Å². The first-order valence-electron chi connectivity index (χ1n) is 8.00. The topological polar surface area (TPSA) is 95.1 Å². The Balaban J connectivity index is 0.00000182. The number of aryl methyl sites for hydroxylation is 1. The van der Waals surface area contributed by atoms with Crippen LogP contribution in [0.5, 0.6) is 5.75 Å². The molecule has 0 saturated heterocycles. The van der Waals surface area contributed by atoms with E-state index in [0.29, 0.717) is 33.7 Å². The number of ether oxygens (including phenoxy) is 1. The van der Waals surface area contributed by atoms with E-state index in [2.05, 4.69) is 15.4 Å². The summed E-state index contributed by atoms with van der Waals surface area (Å²) >= 11 is 0. The Morgan fingerprint density at radius 3 is 2.59 bits per heavy atom. The van der Waals surface area contributed by atoms with Crippen LogP contribution in [-0.4, -0.2) is 27.8 Å². The molecule has 1 aromatic carbocycles. The van der Waals surface area contributed by atoms with Gasteiger partial charge in [0.15, 0.2) is 5.65 Å². The van der Waals surface area contributed by atoms with Crippen molar-refractivity contribution in [1.29, 1.82) is 0 Å². The molecule has 27 heavy (non-hydrogen) atoms. The van der Waals surface area contributed by atoms with Crippen molar-refractivity contribution in [3.63, 3.8) is 0 Å². The molecule has 1 amide bonds. The number of nitrogen functional groups attached to an aromatic ring is 1. The van der Waals surface area contributed by atoms with E-state index >= 15 is 0 Å². The van der Waals surface area contributed by atoms with Gasteiger partial charge in [0.2, 0.25) is 0 Å². The van der Waals surface area contributed by atoms with E-state index in [-0.39, 0.29) is 36.8 Å². The predicted molar refractivity (Wildman–Crippen MR) is 113 cm³/mol. The minimum atomic E-state index is -0.265. The summed E-state index contributed by atoms with van der Waals surface area (Å²) in [5.41, 5.74) is 8.88. The van der Waals surface area contributed by atoms with Crippen molar-refractivity contribution in [1.82, 2.24) is 14.8 Å². The fourth-order valence-corrected chi connectivity index (χ4v) is 2.67. The standard InChI is InChI=1S/C18H21N5O2.2ClH/c1-10(2)23-17-14(9-20-23)13(7-11(3)21-17)18(24)22-16-8-12(25-4)5-6-15(16)19;;/h5-10H,19H2,1-4H3,(H,22,24);2*1H. The van der Waals surface area contributed by atoms with Crippen LogP contribution in [0.3, 0.4) is 0 Å². The number of methoxy groups -OCH3 is 1. The number of carbonyl (C=O) groups is 1. The van der Waals surface area contributed by atoms with Crippen LogP contribution >= 0.6 is 24.8 Å². The molecule has 3 N–H and O–H groups in total. The largest absolute Gasteiger partial charge is 0.497 e. The van der Waals surface area contributed by atoms with Gasteiger partial charge in [0.05, 0.1) is 35.6 Å². The van der Waals surface area contributed by atoms with E-state index in [1.165, 1.54) is 0 Å². The number of halogens is 2. The van der Waals surface area contributed by atoms with Crippen molar-refractivity contribution in [2.24, 2.45) is 0 Å². The van der Waals surface area contributed by atoms with Crippen LogP contribution in [0.1, 0.15) is 35.9 Å². The second-order valence-corrected chi connectivity index (χ2v) is 6.14. The number of nitrogens with one attached hydrogen (secondary N) is 1. The number of fused-ring (bicyclic) bond motifs is 1. The molecule has 0 radical (unpaired) electrons. The van der Waals surface area contributed by atoms with Crippen LogP contribution in [-0.2, 0) is 0 Å². The lowest BCUT2D eigenvalue weighted by Crippen LogP contribution is -2.14. The van der Waals surface area contributed by atoms with Crippen LogP contribution in [0.25, 0.3) is 11.0 Å². The maximum absolute atomic E-state index is 12.8. The van der Waals surface area contributed by atoms with Gasteiger partial charge in [0.25, 0.3) is 5.91 Å². The summed E-state index contributed by atoms with van der Waals surface area (Å²) < 4.78 is 6.99. The van der Waals surface area contributed by atoms with Crippen molar-refractivity contribution in [3.8, 4) is 5.75 Å². The number of hydrogen-bond donors (Lipinski definition) is 2. The smallest absolute Gasteiger partial charge is 0.256 e. The lowest BCUT2D eigenvalue weighted by atomic mass is 10.1. The average molecular weight is 412 g/mol. The molecule has 7 nitrogen and oxygen atoms in total. The number of amides is 1. The van der Waals surface area contributed by atoms with Crippen LogP contribution in [0.2, 0.25) is 0 Å². The molecule has 0 spiro atoms. The molecule has 0 saturated carbocycles. The van der Waals surface area contributed by atoms with Crippen molar-refractivity contribution < 1.29 is 9.53 Å². The Morgan fingerprint density at radius 1 is 1.26 bits per heavy atom. The lowest BCUT2D eigenvalue weighted by molar-refractivity contribution is 0.102. The normalized spacial score (nSPS) is 10.3. The maximum atomic E-state index is 12.8. The zero-order valence-corrected chi connectivity index (χ0v) is 17.1. The van der Waals surface area contributed by atoms with E-state index in [0.717, 1.165) is 5.69 Å². The van der Waals surface area contributed by atoms with Gasteiger partial charge in [-0.1, -0.05) is 0 Å². The van der Waals surface area contributed by atoms with Crippen LogP contribution in [0.15, 0.2) is 30.5 Å². The highest BCUT2D eigenvalue weighted by Gasteiger charge is 2.17. The Kier molecular flexibility index (Phi) is 7.45. The average Bonchev–Trinajstić information content (AvgIpc) is 2.99. The van der Waals surface area contributed by atoms with Gasteiger partial charge in [-0.05, 0) is 39.0 Å². The lowest BCUT2D eigenvalue weighted by Gasteiger charge is -2.11. The molecule has 2 heterocycles. The zero-order valence-electron chi connectivity index (χ0n) is 15.5. The van der Waals surface area contributed by atoms with Crippen molar-refractivity contribution in [2.75, 3.05) is 18.2 Å². The summed E-state index contributed by atoms with van der Waals surface area (Å²) in [5.74, 6) is 0.354. The monoisotopic (exact) mass is 411 g/mol. The quantitative estimate of drug-likeness (QED) is 0.632. The van der Waals surface area contributed by atoms with E-state index in [1.807, 2.05) is 20.8 Å². The first-order chi connectivity index (χ1) is 11.9. The predicted octanol–water partition coefficient (Wildman–Crippen LogP) is 4.01. The third-order valence-corrected chi connectivity index (χ3v) is 3.94. The molecule has 2 aromatic heterocycles. The van der Waals surface area contributed by atoms with Crippen molar-refractivity contribution in [2.45, 2.75) is 26.8 Å². The van der Waals surface area contributed by atoms with E-state index in [1.54, 1.807) is 42.3 Å². The molecule has 0 aliphatic rings. The van der Waals surface area contributed by atoms with Gasteiger partial charge in [0, 0.05) is 17.8 Å². The summed E-state index contributed by atoms with van der Waals surface area (Å²) in [6.45, 7) is 5.90. The van der Waals surface area contributed by atoms with Crippen molar-refractivity contribution >= 4 is 53.1 Å². The molecule has 0 fully saturated rings. The fourth-order valence-electron chi connectivity index (χ4n) is 2.67. The van der Waals surface area contributed by atoms with Crippen molar-refractivity contribution in [3.05, 3.63) is 41.7 Å². The third-order valence-electron chi connectivity index (χ3n) is 3.94. The SMILES string of the molecule is COc1ccc(N)c(NC(=O)c2cc(C)nc3c2cnn3C(C)C)c1.Cl.Cl. The summed E-state index contributed by atoms with van der Waals surface area (Å²) in [6.07, 6.45) is 1.67. The molecule has 3 rings (SSSR count). The summed E-state index contributed by atoms with van der Waals surface area (Å²) in [7, 11) is 1.56. The highest BCUT2D eigenvalue weighted by atomic mass is 35.5. The first-order valence-corrected chi connectivity index (χ1v) is 8.00. The molecule has 0 bridgehead atoms. The molecular weight excluding hydrogens is 389 g/mol. The highest BCUT2D eigenvalue weighted by molar-refractivity contribution is 6.12. The Hall–Kier alpha value is -2.51. The number of hydrogen-bond acceptors (Lipinski definition) is 5. The number of anilines is 2. The van der Waals surface area contributed by atoms with E-state index in [9.17, 15) is 4.79 Å². The van der Waals surface area contributed by atoms with Gasteiger partial charge in [-0.3, -0.25) is 4.79 Å². The second kappa shape index (κ2) is 8.92. The number of nitrogens with zero attached hydrogens (tertiary/aromatic N) is 3. The molecule has 0 aliphatic carbocycles. The molecule has 0 unspecified atom stereocenters. The maximum Gasteiger partial charge on any atom is 0.256 e. The van der Waals surface area contributed by atoms with E-state index in [4.69, 9.17) is 10.5 Å². The molecule has 146 valence electrons. The number of pyridine rings is 1. The minimum absolute atomic E-state index is 0. The Labute approximate surface area is 170 Å². The number of carbonyl (C=O) groups excluding carboxylic acids is 1. The molecule has 3 aromatic rings. The van der Waals surface area contributed by atoms with Gasteiger partial charge in [-0.15, -0.1) is 24.8 Å². The molecule has 9 heteroatoms. The summed E-state index contributed by atoms with van der Waals surface area (Å²) in [4.78, 5) is 17.4. The fraction of sp³-hybridized carbons (Fsp3) is 0.278. The molecular formula is C18H23Cl2N5O2. The van der Waals surface area contributed by atoms with Gasteiger partial charge >= 0.3 is 0 Å². The molecule has 0 aliphatic heterocycles. The van der Waals surface area contributed by atoms with Crippen LogP contribution < -0.4 is 15.8 Å². The molecule has 0 atom stereocenters. The Morgan fingerprint density at radius 2 is 1.96 bits per heavy atom. The number of aromatic nitrogens is 3. The number of rotatable bonds is 4. The highest BCUT2D eigenvalue weighted by Crippen LogP contribution is 2.26. The zero-order chi connectivity index (χ0) is 18.1. The number of benzene rings is 1. The Bertz CT molecular complexity index is 956. The summed E-state index contributed by atoms with van der Waals surface area (Å²) in [5, 5.41) is 7.92. The first kappa shape index (κ1) is 22.5. The van der Waals surface area contributed by atoms with E-state index < -0.39 is 0 Å². The van der Waals surface area contributed by atoms with Gasteiger partial charge < -0.3 is 15.8 Å². The number of nitrogens with two attached hydrogens (primary N) is 1. The van der Waals surface area contributed by atoms with Gasteiger partial charge in [-0.25, -0.2) is 9.67 Å². The second-order valence-electron chi connectivity index (χ2n) is 6.14. The van der Waals surface area contributed by atoms with Crippen LogP contribution in [0.4, 0.5) is 11.4 Å². The van der Waals surface area contributed by atoms with Gasteiger partial charge in [-0.2, -0.15) is 5.10 Å². The minimum Gasteiger partial charge on any atom is -0.497 e. The third kappa shape index (κ3) is 4.43.